The van der Waals surface area contributed by atoms with Crippen LogP contribution in [-0.4, -0.2) is 11.5 Å². The topological polar surface area (TPSA) is 30.2 Å². The summed E-state index contributed by atoms with van der Waals surface area (Å²) in [5.41, 5.74) is 0. The van der Waals surface area contributed by atoms with Gasteiger partial charge < -0.3 is 4.42 Å². The SMILES string of the molecule is O=C1CCSC(c2ccco2)C1. The van der Waals surface area contributed by atoms with Gasteiger partial charge in [-0.2, -0.15) is 0 Å². The molecule has 1 atom stereocenters. The molecule has 0 aliphatic carbocycles. The second-order valence-corrected chi connectivity index (χ2v) is 4.18. The van der Waals surface area contributed by atoms with Crippen molar-refractivity contribution in [2.45, 2.75) is 18.1 Å². The van der Waals surface area contributed by atoms with Crippen molar-refractivity contribution in [1.82, 2.24) is 0 Å². The molecule has 1 aromatic heterocycles. The highest BCUT2D eigenvalue weighted by molar-refractivity contribution is 7.99. The minimum Gasteiger partial charge on any atom is -0.468 e. The van der Waals surface area contributed by atoms with Crippen LogP contribution >= 0.6 is 11.8 Å². The van der Waals surface area contributed by atoms with E-state index in [0.717, 1.165) is 17.9 Å². The summed E-state index contributed by atoms with van der Waals surface area (Å²) in [5, 5.41) is 0.265. The Balaban J connectivity index is 2.09. The first-order valence-electron chi connectivity index (χ1n) is 4.03. The summed E-state index contributed by atoms with van der Waals surface area (Å²) in [4.78, 5) is 11.1. The molecular weight excluding hydrogens is 172 g/mol. The third-order valence-corrected chi connectivity index (χ3v) is 3.21. The third-order valence-electron chi connectivity index (χ3n) is 1.97. The largest absolute Gasteiger partial charge is 0.468 e. The Kier molecular flexibility index (Phi) is 2.21. The molecule has 0 bridgehead atoms. The Labute approximate surface area is 75.3 Å². The summed E-state index contributed by atoms with van der Waals surface area (Å²) in [7, 11) is 0. The van der Waals surface area contributed by atoms with Crippen LogP contribution in [0.2, 0.25) is 0 Å². The number of carbonyl (C=O) groups excluding carboxylic acids is 1. The van der Waals surface area contributed by atoms with Crippen molar-refractivity contribution in [3.63, 3.8) is 0 Å². The van der Waals surface area contributed by atoms with Gasteiger partial charge in [0, 0.05) is 18.6 Å². The number of hydrogen-bond acceptors (Lipinski definition) is 3. The Bertz CT molecular complexity index is 266. The highest BCUT2D eigenvalue weighted by Gasteiger charge is 2.23. The number of rotatable bonds is 1. The molecule has 3 heteroatoms. The van der Waals surface area contributed by atoms with E-state index in [1.165, 1.54) is 0 Å². The van der Waals surface area contributed by atoms with Crippen LogP contribution in [-0.2, 0) is 4.79 Å². The second-order valence-electron chi connectivity index (χ2n) is 2.87. The Morgan fingerprint density at radius 2 is 2.50 bits per heavy atom. The van der Waals surface area contributed by atoms with E-state index in [2.05, 4.69) is 0 Å². The van der Waals surface area contributed by atoms with E-state index in [0.29, 0.717) is 12.2 Å². The van der Waals surface area contributed by atoms with Crippen molar-refractivity contribution in [2.24, 2.45) is 0 Å². The smallest absolute Gasteiger partial charge is 0.135 e. The predicted molar refractivity (Wildman–Crippen MR) is 48.1 cm³/mol. The molecule has 0 N–H and O–H groups in total. The molecule has 0 saturated carbocycles. The van der Waals surface area contributed by atoms with E-state index in [9.17, 15) is 4.79 Å². The molecule has 1 saturated heterocycles. The van der Waals surface area contributed by atoms with Gasteiger partial charge in [-0.3, -0.25) is 4.79 Å². The number of carbonyl (C=O) groups is 1. The van der Waals surface area contributed by atoms with Crippen LogP contribution in [0.15, 0.2) is 22.8 Å². The Hall–Kier alpha value is -0.700. The molecule has 0 spiro atoms. The highest BCUT2D eigenvalue weighted by Crippen LogP contribution is 2.36. The lowest BCUT2D eigenvalue weighted by atomic mass is 10.1. The van der Waals surface area contributed by atoms with Crippen LogP contribution in [0.25, 0.3) is 0 Å². The van der Waals surface area contributed by atoms with E-state index in [-0.39, 0.29) is 5.25 Å². The minimum absolute atomic E-state index is 0.265. The van der Waals surface area contributed by atoms with Gasteiger partial charge in [0.1, 0.15) is 11.5 Å². The van der Waals surface area contributed by atoms with E-state index < -0.39 is 0 Å². The van der Waals surface area contributed by atoms with Gasteiger partial charge in [0.05, 0.1) is 11.5 Å². The fourth-order valence-corrected chi connectivity index (χ4v) is 2.57. The van der Waals surface area contributed by atoms with E-state index in [1.807, 2.05) is 23.9 Å². The van der Waals surface area contributed by atoms with Gasteiger partial charge >= 0.3 is 0 Å². The van der Waals surface area contributed by atoms with Crippen LogP contribution in [0, 0.1) is 0 Å². The summed E-state index contributed by atoms with van der Waals surface area (Å²) in [6.45, 7) is 0. The first-order chi connectivity index (χ1) is 5.86. The van der Waals surface area contributed by atoms with Crippen molar-refractivity contribution >= 4 is 17.5 Å². The van der Waals surface area contributed by atoms with Crippen molar-refractivity contribution in [2.75, 3.05) is 5.75 Å². The summed E-state index contributed by atoms with van der Waals surface area (Å²) in [6, 6.07) is 3.81. The first kappa shape index (κ1) is 7.92. The second kappa shape index (κ2) is 3.35. The van der Waals surface area contributed by atoms with E-state index in [4.69, 9.17) is 4.42 Å². The fraction of sp³-hybridized carbons (Fsp3) is 0.444. The number of thioether (sulfide) groups is 1. The maximum absolute atomic E-state index is 11.1. The van der Waals surface area contributed by atoms with Gasteiger partial charge in [-0.15, -0.1) is 11.8 Å². The predicted octanol–water partition coefficient (Wildman–Crippen LogP) is 2.42. The van der Waals surface area contributed by atoms with Crippen molar-refractivity contribution in [3.05, 3.63) is 24.2 Å². The zero-order chi connectivity index (χ0) is 8.39. The minimum atomic E-state index is 0.265. The maximum Gasteiger partial charge on any atom is 0.135 e. The summed E-state index contributed by atoms with van der Waals surface area (Å²) >= 11 is 1.81. The molecule has 0 aromatic carbocycles. The molecule has 64 valence electrons. The molecule has 2 nitrogen and oxygen atoms in total. The van der Waals surface area contributed by atoms with Gasteiger partial charge in [-0.05, 0) is 12.1 Å². The van der Waals surface area contributed by atoms with Crippen LogP contribution in [0.1, 0.15) is 23.9 Å². The van der Waals surface area contributed by atoms with Crippen molar-refractivity contribution < 1.29 is 9.21 Å². The summed E-state index contributed by atoms with van der Waals surface area (Å²) in [5.74, 6) is 2.23. The van der Waals surface area contributed by atoms with Crippen LogP contribution < -0.4 is 0 Å². The highest BCUT2D eigenvalue weighted by atomic mass is 32.2. The summed E-state index contributed by atoms with van der Waals surface area (Å²) < 4.78 is 5.25. The average Bonchev–Trinajstić information content (AvgIpc) is 2.56. The van der Waals surface area contributed by atoms with Gasteiger partial charge in [0.2, 0.25) is 0 Å². The van der Waals surface area contributed by atoms with Crippen LogP contribution in [0.5, 0.6) is 0 Å². The number of ketones is 1. The molecule has 1 fully saturated rings. The molecule has 1 aromatic rings. The molecule has 1 aliphatic rings. The van der Waals surface area contributed by atoms with Gasteiger partial charge in [-0.25, -0.2) is 0 Å². The van der Waals surface area contributed by atoms with E-state index in [1.54, 1.807) is 6.26 Å². The Morgan fingerprint density at radius 1 is 1.58 bits per heavy atom. The van der Waals surface area contributed by atoms with Gasteiger partial charge in [-0.1, -0.05) is 0 Å². The molecule has 12 heavy (non-hydrogen) atoms. The number of hydrogen-bond donors (Lipinski definition) is 0. The van der Waals surface area contributed by atoms with Crippen LogP contribution in [0.4, 0.5) is 0 Å². The molecular formula is C9H10O2S. The molecule has 1 unspecified atom stereocenters. The summed E-state index contributed by atoms with van der Waals surface area (Å²) in [6.07, 6.45) is 3.02. The normalized spacial score (nSPS) is 24.3. The first-order valence-corrected chi connectivity index (χ1v) is 5.08. The molecule has 0 amide bonds. The van der Waals surface area contributed by atoms with E-state index >= 15 is 0 Å². The van der Waals surface area contributed by atoms with Crippen molar-refractivity contribution in [3.8, 4) is 0 Å². The van der Waals surface area contributed by atoms with Crippen molar-refractivity contribution in [1.29, 1.82) is 0 Å². The average molecular weight is 182 g/mol. The standard InChI is InChI=1S/C9H10O2S/c10-7-3-5-12-9(6-7)8-2-1-4-11-8/h1-2,4,9H,3,5-6H2. The maximum atomic E-state index is 11.1. The number of Topliss-reactive ketones (excluding diaryl/α,β-unsaturated/α-hetero) is 1. The lowest BCUT2D eigenvalue weighted by Crippen LogP contribution is -2.11. The third kappa shape index (κ3) is 1.55. The zero-order valence-corrected chi connectivity index (χ0v) is 7.47. The van der Waals surface area contributed by atoms with Crippen LogP contribution in [0.3, 0.4) is 0 Å². The monoisotopic (exact) mass is 182 g/mol. The lowest BCUT2D eigenvalue weighted by Gasteiger charge is -2.17. The lowest BCUT2D eigenvalue weighted by molar-refractivity contribution is -0.118. The van der Waals surface area contributed by atoms with Gasteiger partial charge in [0.25, 0.3) is 0 Å². The molecule has 2 heterocycles. The Morgan fingerprint density at radius 3 is 3.17 bits per heavy atom. The molecule has 2 rings (SSSR count). The number of furan rings is 1. The molecule has 0 radical (unpaired) electrons. The molecule has 1 aliphatic heterocycles. The zero-order valence-electron chi connectivity index (χ0n) is 6.66. The fourth-order valence-electron chi connectivity index (χ4n) is 1.34. The quantitative estimate of drug-likeness (QED) is 0.668. The van der Waals surface area contributed by atoms with Gasteiger partial charge in [0.15, 0.2) is 0 Å².